The molecule has 2 rings (SSSR count). The molecule has 0 unspecified atom stereocenters. The zero-order valence-electron chi connectivity index (χ0n) is 18.3. The first kappa shape index (κ1) is 25.6. The first-order valence-electron chi connectivity index (χ1n) is 10.2. The van der Waals surface area contributed by atoms with E-state index in [9.17, 15) is 0 Å². The van der Waals surface area contributed by atoms with Crippen LogP contribution in [0.15, 0.2) is 60.7 Å². The van der Waals surface area contributed by atoms with E-state index in [2.05, 4.69) is 88.0 Å². The Morgan fingerprint density at radius 2 is 1.00 bits per heavy atom. The predicted molar refractivity (Wildman–Crippen MR) is 122 cm³/mol. The van der Waals surface area contributed by atoms with Crippen molar-refractivity contribution in [1.82, 2.24) is 0 Å². The lowest BCUT2D eigenvalue weighted by Gasteiger charge is -2.21. The molecule has 0 fully saturated rings. The molecule has 2 nitrogen and oxygen atoms in total. The average molecular weight is 389 g/mol. The molecule has 0 spiro atoms. The zero-order chi connectivity index (χ0) is 20.4. The van der Waals surface area contributed by atoms with Gasteiger partial charge >= 0.3 is 8.56 Å². The van der Waals surface area contributed by atoms with Crippen LogP contribution in [0.4, 0.5) is 0 Å². The maximum absolute atomic E-state index is 5.24. The molecule has 0 saturated carbocycles. The van der Waals surface area contributed by atoms with Crippen LogP contribution in [-0.4, -0.2) is 22.8 Å². The van der Waals surface area contributed by atoms with Gasteiger partial charge in [-0.2, -0.15) is 0 Å². The summed E-state index contributed by atoms with van der Waals surface area (Å²) in [6, 6.07) is 22.3. The second kappa shape index (κ2) is 16.7. The fourth-order valence-electron chi connectivity index (χ4n) is 2.32. The van der Waals surface area contributed by atoms with Crippen molar-refractivity contribution in [2.75, 3.05) is 14.2 Å². The van der Waals surface area contributed by atoms with Crippen LogP contribution in [0.3, 0.4) is 0 Å². The second-order valence-electron chi connectivity index (χ2n) is 6.76. The molecule has 0 saturated heterocycles. The molecule has 27 heavy (non-hydrogen) atoms. The molecule has 0 N–H and O–H groups in total. The van der Waals surface area contributed by atoms with Gasteiger partial charge in [-0.25, -0.2) is 0 Å². The van der Waals surface area contributed by atoms with Crippen LogP contribution < -0.4 is 0 Å². The van der Waals surface area contributed by atoms with Crippen molar-refractivity contribution in [3.8, 4) is 0 Å². The fraction of sp³-hybridized carbons (Fsp3) is 0.500. The molecule has 0 amide bonds. The van der Waals surface area contributed by atoms with E-state index >= 15 is 0 Å². The van der Waals surface area contributed by atoms with Gasteiger partial charge in [-0.3, -0.25) is 0 Å². The lowest BCUT2D eigenvalue weighted by Crippen LogP contribution is -2.35. The summed E-state index contributed by atoms with van der Waals surface area (Å²) >= 11 is 0. The SMILES string of the molecule is CCCC.CCC[Si](C)(OC)OC.c1ccc(CCc2ccccc2)cc1. The Bertz CT molecular complexity index is 497. The van der Waals surface area contributed by atoms with Crippen molar-refractivity contribution >= 4 is 8.56 Å². The molecule has 0 heterocycles. The summed E-state index contributed by atoms with van der Waals surface area (Å²) in [6.07, 6.45) is 6.04. The molecule has 0 aromatic heterocycles. The highest BCUT2D eigenvalue weighted by molar-refractivity contribution is 6.65. The molecular formula is C24H40O2Si. The first-order valence-corrected chi connectivity index (χ1v) is 12.8. The number of unbranched alkanes of at least 4 members (excludes halogenated alkanes) is 1. The highest BCUT2D eigenvalue weighted by Gasteiger charge is 2.26. The third-order valence-electron chi connectivity index (χ3n) is 4.46. The Balaban J connectivity index is 0.000000449. The number of aryl methyl sites for hydroxylation is 2. The van der Waals surface area contributed by atoms with Gasteiger partial charge in [0.2, 0.25) is 0 Å². The Morgan fingerprint density at radius 3 is 1.22 bits per heavy atom. The van der Waals surface area contributed by atoms with Gasteiger partial charge in [0.15, 0.2) is 0 Å². The minimum absolute atomic E-state index is 1.08. The Hall–Kier alpha value is -1.42. The summed E-state index contributed by atoms with van der Waals surface area (Å²) in [5, 5.41) is 0. The van der Waals surface area contributed by atoms with Gasteiger partial charge in [0.05, 0.1) is 0 Å². The van der Waals surface area contributed by atoms with E-state index in [1.54, 1.807) is 14.2 Å². The molecule has 2 aromatic carbocycles. The highest BCUT2D eigenvalue weighted by atomic mass is 28.4. The molecule has 0 aliphatic carbocycles. The molecule has 2 aromatic rings. The van der Waals surface area contributed by atoms with Gasteiger partial charge in [0, 0.05) is 14.2 Å². The van der Waals surface area contributed by atoms with E-state index in [0.717, 1.165) is 25.3 Å². The van der Waals surface area contributed by atoms with Gasteiger partial charge in [-0.1, -0.05) is 101 Å². The van der Waals surface area contributed by atoms with Crippen LogP contribution in [0, 0.1) is 0 Å². The van der Waals surface area contributed by atoms with E-state index in [0.29, 0.717) is 0 Å². The van der Waals surface area contributed by atoms with Gasteiger partial charge in [-0.15, -0.1) is 0 Å². The summed E-state index contributed by atoms with van der Waals surface area (Å²) in [7, 11) is 1.76. The second-order valence-corrected chi connectivity index (χ2v) is 10.3. The van der Waals surface area contributed by atoms with Crippen molar-refractivity contribution in [1.29, 1.82) is 0 Å². The van der Waals surface area contributed by atoms with Crippen molar-refractivity contribution in [3.05, 3.63) is 71.8 Å². The summed E-state index contributed by atoms with van der Waals surface area (Å²) in [5.41, 5.74) is 2.83. The lowest BCUT2D eigenvalue weighted by molar-refractivity contribution is 0.249. The average Bonchev–Trinajstić information content (AvgIpc) is 2.74. The molecule has 0 aliphatic rings. The monoisotopic (exact) mass is 388 g/mol. The topological polar surface area (TPSA) is 18.5 Å². The predicted octanol–water partition coefficient (Wildman–Crippen LogP) is 7.04. The van der Waals surface area contributed by atoms with Crippen LogP contribution in [0.5, 0.6) is 0 Å². The summed E-state index contributed by atoms with van der Waals surface area (Å²) in [4.78, 5) is 0. The van der Waals surface area contributed by atoms with Gasteiger partial charge in [0.25, 0.3) is 0 Å². The number of hydrogen-bond donors (Lipinski definition) is 0. The number of rotatable bonds is 8. The summed E-state index contributed by atoms with van der Waals surface area (Å²) < 4.78 is 10.5. The van der Waals surface area contributed by atoms with Crippen molar-refractivity contribution in [2.24, 2.45) is 0 Å². The van der Waals surface area contributed by atoms with Gasteiger partial charge in [-0.05, 0) is 36.6 Å². The van der Waals surface area contributed by atoms with Crippen LogP contribution in [-0.2, 0) is 21.7 Å². The largest absolute Gasteiger partial charge is 0.398 e. The zero-order valence-corrected chi connectivity index (χ0v) is 19.3. The fourth-order valence-corrected chi connectivity index (χ4v) is 3.80. The van der Waals surface area contributed by atoms with E-state index in [-0.39, 0.29) is 0 Å². The Morgan fingerprint density at radius 1 is 0.630 bits per heavy atom. The maximum Gasteiger partial charge on any atom is 0.334 e. The van der Waals surface area contributed by atoms with Crippen molar-refractivity contribution in [2.45, 2.75) is 65.5 Å². The van der Waals surface area contributed by atoms with E-state index in [4.69, 9.17) is 8.85 Å². The summed E-state index contributed by atoms with van der Waals surface area (Å²) in [5.74, 6) is 0. The molecule has 0 bridgehead atoms. The highest BCUT2D eigenvalue weighted by Crippen LogP contribution is 2.12. The smallest absolute Gasteiger partial charge is 0.334 e. The molecular weight excluding hydrogens is 348 g/mol. The minimum Gasteiger partial charge on any atom is -0.398 e. The normalized spacial score (nSPS) is 10.3. The van der Waals surface area contributed by atoms with E-state index in [1.165, 1.54) is 24.0 Å². The number of benzene rings is 2. The van der Waals surface area contributed by atoms with Crippen LogP contribution in [0.2, 0.25) is 12.6 Å². The molecule has 152 valence electrons. The van der Waals surface area contributed by atoms with Gasteiger partial charge in [0.1, 0.15) is 0 Å². The minimum atomic E-state index is -1.70. The quantitative estimate of drug-likeness (QED) is 0.451. The third kappa shape index (κ3) is 13.4. The molecule has 3 heteroatoms. The van der Waals surface area contributed by atoms with Crippen molar-refractivity contribution in [3.63, 3.8) is 0 Å². The lowest BCUT2D eigenvalue weighted by atomic mass is 10.0. The van der Waals surface area contributed by atoms with Crippen LogP contribution >= 0.6 is 0 Å². The Kier molecular flexibility index (Phi) is 15.8. The van der Waals surface area contributed by atoms with E-state index in [1.807, 2.05) is 0 Å². The van der Waals surface area contributed by atoms with Crippen LogP contribution in [0.25, 0.3) is 0 Å². The van der Waals surface area contributed by atoms with Gasteiger partial charge < -0.3 is 8.85 Å². The molecule has 0 atom stereocenters. The van der Waals surface area contributed by atoms with Crippen molar-refractivity contribution < 1.29 is 8.85 Å². The van der Waals surface area contributed by atoms with Crippen LogP contribution in [0.1, 0.15) is 51.2 Å². The first-order chi connectivity index (χ1) is 13.0. The maximum atomic E-state index is 5.24. The third-order valence-corrected chi connectivity index (χ3v) is 7.59. The van der Waals surface area contributed by atoms with E-state index < -0.39 is 8.56 Å². The summed E-state index contributed by atoms with van der Waals surface area (Å²) in [6.45, 7) is 8.58. The Labute approximate surface area is 169 Å². The molecule has 0 aliphatic heterocycles. The number of hydrogen-bond acceptors (Lipinski definition) is 2. The molecule has 0 radical (unpaired) electrons. The standard InChI is InChI=1S/C14H14.C6H16O2Si.C4H10/c1-3-7-13(8-4-1)11-12-14-9-5-2-6-10-14;1-5-6-9(4,7-2)8-3;1-3-4-2/h1-10H,11-12H2;5-6H2,1-4H3;3-4H2,1-2H3.